The number of nitrogens with zero attached hydrogens (tertiary/aromatic N) is 4. The van der Waals surface area contributed by atoms with Crippen molar-refractivity contribution in [3.05, 3.63) is 118 Å². The number of hydrogen-bond donors (Lipinski definition) is 3. The lowest BCUT2D eigenvalue weighted by molar-refractivity contribution is 0.0218. The topological polar surface area (TPSA) is 139 Å². The molecule has 0 spiro atoms. The summed E-state index contributed by atoms with van der Waals surface area (Å²) in [5, 5.41) is 3.95. The predicted molar refractivity (Wildman–Crippen MR) is 248 cm³/mol. The number of carbonyl (C=O) groups excluding carboxylic acids is 2. The van der Waals surface area contributed by atoms with E-state index in [0.717, 1.165) is 107 Å². The van der Waals surface area contributed by atoms with Gasteiger partial charge in [0.1, 0.15) is 28.6 Å². The summed E-state index contributed by atoms with van der Waals surface area (Å²) in [6.07, 6.45) is 10.8. The van der Waals surface area contributed by atoms with Crippen molar-refractivity contribution in [3.8, 4) is 21.7 Å². The van der Waals surface area contributed by atoms with Gasteiger partial charge in [0, 0.05) is 51.4 Å². The fourth-order valence-corrected chi connectivity index (χ4v) is 9.67. The van der Waals surface area contributed by atoms with Crippen LogP contribution in [0.1, 0.15) is 126 Å². The molecule has 0 saturated carbocycles. The molecule has 2 unspecified atom stereocenters. The van der Waals surface area contributed by atoms with Gasteiger partial charge in [-0.25, -0.2) is 19.6 Å². The van der Waals surface area contributed by atoms with Gasteiger partial charge in [0.2, 0.25) is 6.23 Å². The Bertz CT molecular complexity index is 2740. The van der Waals surface area contributed by atoms with E-state index in [4.69, 9.17) is 24.2 Å². The van der Waals surface area contributed by atoms with Crippen LogP contribution in [0.5, 0.6) is 0 Å². The maximum absolute atomic E-state index is 13.1. The first kappa shape index (κ1) is 42.2. The number of fused-ring (bicyclic) bond motifs is 4. The highest BCUT2D eigenvalue weighted by Crippen LogP contribution is 2.46. The second-order valence-corrected chi connectivity index (χ2v) is 20.1. The number of amides is 2. The van der Waals surface area contributed by atoms with Crippen molar-refractivity contribution in [1.29, 1.82) is 0 Å². The molecule has 328 valence electrons. The Morgan fingerprint density at radius 3 is 2.52 bits per heavy atom. The maximum atomic E-state index is 13.1. The Morgan fingerprint density at radius 1 is 0.905 bits per heavy atom. The van der Waals surface area contributed by atoms with E-state index in [9.17, 15) is 9.59 Å². The van der Waals surface area contributed by atoms with Crippen LogP contribution >= 0.6 is 11.3 Å². The number of hydrogen-bond acceptors (Lipinski definition) is 8. The van der Waals surface area contributed by atoms with Gasteiger partial charge in [-0.3, -0.25) is 4.90 Å². The number of unbranched alkanes of at least 4 members (excludes halogenated alkanes) is 1. The first-order valence-corrected chi connectivity index (χ1v) is 23.0. The van der Waals surface area contributed by atoms with Crippen molar-refractivity contribution >= 4 is 45.6 Å². The van der Waals surface area contributed by atoms with Crippen molar-refractivity contribution in [2.75, 3.05) is 13.1 Å². The molecule has 2 amide bonds. The van der Waals surface area contributed by atoms with Gasteiger partial charge < -0.3 is 34.1 Å². The highest BCUT2D eigenvalue weighted by Gasteiger charge is 2.36. The molecule has 12 nitrogen and oxygen atoms in total. The van der Waals surface area contributed by atoms with Crippen molar-refractivity contribution in [3.63, 3.8) is 0 Å². The molecule has 13 heteroatoms. The van der Waals surface area contributed by atoms with Gasteiger partial charge in [-0.1, -0.05) is 24.3 Å². The molecule has 63 heavy (non-hydrogen) atoms. The molecular weight excluding hydrogens is 811 g/mol. The van der Waals surface area contributed by atoms with Crippen LogP contribution in [0.2, 0.25) is 0 Å². The fraction of sp³-hybridized carbons (Fsp3) is 0.400. The molecule has 3 N–H and O–H groups in total. The van der Waals surface area contributed by atoms with E-state index in [1.165, 1.54) is 20.9 Å². The standard InChI is InChI=1S/C50H57N7O5S/c1-30-16-21-43(63-30)33-12-10-13-34(25-33)46-57-39-20-18-31(38-29-53-45(55-38)40-14-11-23-56(40)48(59)62-50(5,6)7)24-35(39)26-41(57)36-19-17-32(27-42(36)60-46)37-28-52-44(54-37)15-8-9-22-51-47(58)61-49(2,3)4/h10,12-13,16,18,20-21,24-29,40,46H,8-9,11,14-15,17,19,22-23H2,1-7H3,(H,51,58)(H,52,54)(H,53,55). The van der Waals surface area contributed by atoms with E-state index >= 15 is 0 Å². The van der Waals surface area contributed by atoms with E-state index in [0.29, 0.717) is 13.1 Å². The third-order valence-electron chi connectivity index (χ3n) is 11.7. The number of thiophene rings is 1. The third-order valence-corrected chi connectivity index (χ3v) is 12.7. The Morgan fingerprint density at radius 2 is 1.73 bits per heavy atom. The Hall–Kier alpha value is -6.08. The highest BCUT2D eigenvalue weighted by molar-refractivity contribution is 7.15. The van der Waals surface area contributed by atoms with Crippen LogP contribution in [-0.4, -0.2) is 65.9 Å². The van der Waals surface area contributed by atoms with Crippen LogP contribution in [0.3, 0.4) is 0 Å². The molecule has 1 fully saturated rings. The summed E-state index contributed by atoms with van der Waals surface area (Å²) in [5.41, 5.74) is 8.66. The zero-order valence-corrected chi connectivity index (χ0v) is 38.1. The lowest BCUT2D eigenvalue weighted by atomic mass is 9.92. The largest absolute Gasteiger partial charge is 0.466 e. The van der Waals surface area contributed by atoms with Gasteiger partial charge in [0.25, 0.3) is 0 Å². The molecule has 6 aromatic rings. The number of imidazole rings is 2. The van der Waals surface area contributed by atoms with Gasteiger partial charge in [-0.05, 0) is 141 Å². The minimum atomic E-state index is -0.566. The van der Waals surface area contributed by atoms with E-state index in [1.807, 2.05) is 53.9 Å². The SMILES string of the molecule is Cc1ccc(-c2cccc(C3OC4=C(CCC(c5cnc(CCCCNC(=O)OC(C)(C)C)[nH]5)=C4)c4cc5cc(-c6cnc(C7CCCN7C(=O)OC(C)(C)C)[nH]6)ccc5n43)c2)s1. The minimum absolute atomic E-state index is 0.159. The quantitative estimate of drug-likeness (QED) is 0.116. The molecule has 4 aromatic heterocycles. The number of aromatic amines is 2. The monoisotopic (exact) mass is 867 g/mol. The fourth-order valence-electron chi connectivity index (χ4n) is 8.80. The third kappa shape index (κ3) is 9.20. The number of nitrogens with one attached hydrogen (secondary N) is 3. The average molecular weight is 868 g/mol. The first-order valence-electron chi connectivity index (χ1n) is 22.1. The number of rotatable bonds is 10. The lowest BCUT2D eigenvalue weighted by Gasteiger charge is -2.33. The molecule has 3 aliphatic rings. The summed E-state index contributed by atoms with van der Waals surface area (Å²) in [6.45, 7) is 14.6. The molecule has 0 radical (unpaired) electrons. The molecule has 2 aromatic carbocycles. The molecule has 9 rings (SSSR count). The zero-order chi connectivity index (χ0) is 44.0. The van der Waals surface area contributed by atoms with Crippen molar-refractivity contribution in [1.82, 2.24) is 34.7 Å². The van der Waals surface area contributed by atoms with Crippen LogP contribution in [0.4, 0.5) is 9.59 Å². The average Bonchev–Trinajstić information content (AvgIpc) is 4.09. The van der Waals surface area contributed by atoms with E-state index < -0.39 is 17.4 Å². The number of ether oxygens (including phenoxy) is 3. The number of aromatic nitrogens is 5. The molecule has 1 saturated heterocycles. The minimum Gasteiger partial charge on any atom is -0.466 e. The second kappa shape index (κ2) is 16.9. The molecule has 1 aliphatic carbocycles. The molecule has 6 heterocycles. The normalized spacial score (nSPS) is 17.6. The number of H-pyrrole nitrogens is 2. The molecule has 2 aliphatic heterocycles. The van der Waals surface area contributed by atoms with Crippen LogP contribution in [0, 0.1) is 6.92 Å². The summed E-state index contributed by atoms with van der Waals surface area (Å²) in [5.74, 6) is 2.58. The number of aryl methyl sites for hydroxylation is 2. The molecule has 0 bridgehead atoms. The summed E-state index contributed by atoms with van der Waals surface area (Å²) in [7, 11) is 0. The van der Waals surface area contributed by atoms with Crippen molar-refractivity contribution in [2.24, 2.45) is 0 Å². The van der Waals surface area contributed by atoms with Crippen LogP contribution in [-0.2, 0) is 20.6 Å². The number of likely N-dealkylation sites (tertiary alicyclic amines) is 1. The maximum Gasteiger partial charge on any atom is 0.410 e. The first-order chi connectivity index (χ1) is 30.2. The predicted octanol–water partition coefficient (Wildman–Crippen LogP) is 11.9. The van der Waals surface area contributed by atoms with Gasteiger partial charge in [0.05, 0.1) is 41.0 Å². The highest BCUT2D eigenvalue weighted by atomic mass is 32.1. The Kier molecular flexibility index (Phi) is 11.3. The van der Waals surface area contributed by atoms with E-state index in [1.54, 1.807) is 16.2 Å². The van der Waals surface area contributed by atoms with Gasteiger partial charge in [0.15, 0.2) is 0 Å². The van der Waals surface area contributed by atoms with Crippen LogP contribution in [0.25, 0.3) is 43.7 Å². The molecule has 2 atom stereocenters. The zero-order valence-electron chi connectivity index (χ0n) is 37.3. The number of carbonyl (C=O) groups is 2. The van der Waals surface area contributed by atoms with Crippen LogP contribution in [0.15, 0.2) is 84.9 Å². The Labute approximate surface area is 372 Å². The lowest BCUT2D eigenvalue weighted by Crippen LogP contribution is -2.36. The van der Waals surface area contributed by atoms with Gasteiger partial charge in [-0.2, -0.15) is 0 Å². The number of benzene rings is 2. The van der Waals surface area contributed by atoms with E-state index in [2.05, 4.69) is 93.5 Å². The smallest absolute Gasteiger partial charge is 0.410 e. The summed E-state index contributed by atoms with van der Waals surface area (Å²) in [6, 6.07) is 21.8. The van der Waals surface area contributed by atoms with Gasteiger partial charge >= 0.3 is 12.2 Å². The van der Waals surface area contributed by atoms with Crippen molar-refractivity contribution < 1.29 is 23.8 Å². The molecular formula is C50H57N7O5S. The summed E-state index contributed by atoms with van der Waals surface area (Å²) < 4.78 is 20.6. The summed E-state index contributed by atoms with van der Waals surface area (Å²) in [4.78, 5) is 46.1. The number of allylic oxidation sites excluding steroid dienone is 3. The Balaban J connectivity index is 0.998. The van der Waals surface area contributed by atoms with Crippen LogP contribution < -0.4 is 5.32 Å². The van der Waals surface area contributed by atoms with Crippen molar-refractivity contribution in [2.45, 2.75) is 117 Å². The van der Waals surface area contributed by atoms with Gasteiger partial charge in [-0.15, -0.1) is 11.3 Å². The van der Waals surface area contributed by atoms with E-state index in [-0.39, 0.29) is 18.2 Å². The summed E-state index contributed by atoms with van der Waals surface area (Å²) >= 11 is 1.80. The second-order valence-electron chi connectivity index (χ2n) is 18.8. The number of alkyl carbamates (subject to hydrolysis) is 1.